The molecule has 0 aliphatic rings. The molecule has 1 heterocycles. The second kappa shape index (κ2) is 10.1. The Bertz CT molecular complexity index is 797. The van der Waals surface area contributed by atoms with Gasteiger partial charge in [-0.25, -0.2) is 4.39 Å². The van der Waals surface area contributed by atoms with Crippen LogP contribution in [0.4, 0.5) is 4.39 Å². The number of benzene rings is 1. The van der Waals surface area contributed by atoms with E-state index >= 15 is 0 Å². The van der Waals surface area contributed by atoms with Gasteiger partial charge in [0.1, 0.15) is 17.3 Å². The second-order valence-corrected chi connectivity index (χ2v) is 7.45. The predicted molar refractivity (Wildman–Crippen MR) is 106 cm³/mol. The van der Waals surface area contributed by atoms with E-state index in [0.29, 0.717) is 42.6 Å². The summed E-state index contributed by atoms with van der Waals surface area (Å²) in [6, 6.07) is 7.75. The summed E-state index contributed by atoms with van der Waals surface area (Å²) in [4.78, 5) is 26.8. The molecule has 2 amide bonds. The molecule has 0 fully saturated rings. The number of nitrogens with one attached hydrogen (secondary N) is 1. The van der Waals surface area contributed by atoms with Crippen LogP contribution in [0.5, 0.6) is 0 Å². The lowest BCUT2D eigenvalue weighted by Crippen LogP contribution is -2.36. The van der Waals surface area contributed by atoms with Crippen LogP contribution >= 0.6 is 0 Å². The van der Waals surface area contributed by atoms with Crippen LogP contribution in [0.2, 0.25) is 0 Å². The van der Waals surface area contributed by atoms with Crippen LogP contribution in [0.15, 0.2) is 34.7 Å². The molecule has 1 aromatic carbocycles. The maximum atomic E-state index is 12.9. The van der Waals surface area contributed by atoms with Gasteiger partial charge in [-0.1, -0.05) is 26.0 Å². The average molecular weight is 388 g/mol. The number of hydrogen-bond donors (Lipinski definition) is 1. The van der Waals surface area contributed by atoms with Gasteiger partial charge in [-0.2, -0.15) is 0 Å². The van der Waals surface area contributed by atoms with Crippen molar-refractivity contribution in [1.29, 1.82) is 0 Å². The number of rotatable bonds is 9. The van der Waals surface area contributed by atoms with Crippen molar-refractivity contribution in [3.8, 4) is 0 Å². The Kier molecular flexibility index (Phi) is 7.79. The molecule has 0 saturated heterocycles. The first-order valence-corrected chi connectivity index (χ1v) is 9.63. The van der Waals surface area contributed by atoms with Gasteiger partial charge < -0.3 is 14.6 Å². The molecule has 0 bridgehead atoms. The minimum atomic E-state index is -0.306. The van der Waals surface area contributed by atoms with Gasteiger partial charge in [0.15, 0.2) is 0 Å². The largest absolute Gasteiger partial charge is 0.466 e. The lowest BCUT2D eigenvalue weighted by Gasteiger charge is -2.23. The maximum absolute atomic E-state index is 12.9. The highest BCUT2D eigenvalue weighted by atomic mass is 19.1. The fraction of sp³-hybridized carbons (Fsp3) is 0.455. The van der Waals surface area contributed by atoms with Crippen LogP contribution in [-0.2, 0) is 11.3 Å². The Morgan fingerprint density at radius 2 is 1.82 bits per heavy atom. The predicted octanol–water partition coefficient (Wildman–Crippen LogP) is 4.23. The monoisotopic (exact) mass is 388 g/mol. The maximum Gasteiger partial charge on any atom is 0.257 e. The van der Waals surface area contributed by atoms with E-state index in [1.165, 1.54) is 12.1 Å². The minimum absolute atomic E-state index is 0.110. The fourth-order valence-corrected chi connectivity index (χ4v) is 2.87. The van der Waals surface area contributed by atoms with E-state index in [0.717, 1.165) is 12.0 Å². The number of carbonyl (C=O) groups excluding carboxylic acids is 2. The molecule has 0 spiro atoms. The van der Waals surface area contributed by atoms with Crippen LogP contribution in [0.3, 0.4) is 0 Å². The zero-order valence-corrected chi connectivity index (χ0v) is 17.0. The standard InChI is InChI=1S/C22H29FN2O3/c1-15(2)9-11-25(22(27)20-13-16(3)28-17(20)4)12-10-21(26)24-14-18-5-7-19(23)8-6-18/h5-8,13,15H,9-12,14H2,1-4H3,(H,24,26). The molecule has 5 nitrogen and oxygen atoms in total. The molecular formula is C22H29FN2O3. The molecule has 0 saturated carbocycles. The molecule has 1 aromatic heterocycles. The normalized spacial score (nSPS) is 10.9. The second-order valence-electron chi connectivity index (χ2n) is 7.45. The van der Waals surface area contributed by atoms with Gasteiger partial charge in [0.2, 0.25) is 5.91 Å². The van der Waals surface area contributed by atoms with E-state index in [2.05, 4.69) is 19.2 Å². The van der Waals surface area contributed by atoms with Crippen molar-refractivity contribution in [3.63, 3.8) is 0 Å². The summed E-state index contributed by atoms with van der Waals surface area (Å²) in [5.74, 6) is 1.18. The van der Waals surface area contributed by atoms with Crippen LogP contribution in [0.1, 0.15) is 54.1 Å². The van der Waals surface area contributed by atoms with Crippen molar-refractivity contribution < 1.29 is 18.4 Å². The summed E-state index contributed by atoms with van der Waals surface area (Å²) >= 11 is 0. The summed E-state index contributed by atoms with van der Waals surface area (Å²) in [5.41, 5.74) is 1.37. The SMILES string of the molecule is Cc1cc(C(=O)N(CCC(=O)NCc2ccc(F)cc2)CCC(C)C)c(C)o1. The Morgan fingerprint density at radius 3 is 2.39 bits per heavy atom. The number of halogens is 1. The minimum Gasteiger partial charge on any atom is -0.466 e. The highest BCUT2D eigenvalue weighted by Crippen LogP contribution is 2.17. The molecule has 0 atom stereocenters. The molecule has 2 rings (SSSR count). The molecule has 6 heteroatoms. The van der Waals surface area contributed by atoms with Gasteiger partial charge in [-0.05, 0) is 49.9 Å². The number of amides is 2. The molecule has 0 aliphatic heterocycles. The van der Waals surface area contributed by atoms with Gasteiger partial charge in [0.05, 0.1) is 5.56 Å². The quantitative estimate of drug-likeness (QED) is 0.699. The molecule has 0 radical (unpaired) electrons. The van der Waals surface area contributed by atoms with Crippen molar-refractivity contribution in [1.82, 2.24) is 10.2 Å². The number of hydrogen-bond acceptors (Lipinski definition) is 3. The van der Waals surface area contributed by atoms with Gasteiger partial charge in [0, 0.05) is 26.1 Å². The zero-order chi connectivity index (χ0) is 20.7. The van der Waals surface area contributed by atoms with Crippen molar-refractivity contribution >= 4 is 11.8 Å². The van der Waals surface area contributed by atoms with Crippen molar-refractivity contribution in [2.75, 3.05) is 13.1 Å². The zero-order valence-electron chi connectivity index (χ0n) is 17.0. The van der Waals surface area contributed by atoms with Crippen LogP contribution < -0.4 is 5.32 Å². The first kappa shape index (κ1) is 21.7. The highest BCUT2D eigenvalue weighted by Gasteiger charge is 2.21. The number of carbonyl (C=O) groups is 2. The molecule has 2 aromatic rings. The van der Waals surface area contributed by atoms with E-state index in [9.17, 15) is 14.0 Å². The highest BCUT2D eigenvalue weighted by molar-refractivity contribution is 5.95. The lowest BCUT2D eigenvalue weighted by molar-refractivity contribution is -0.121. The van der Waals surface area contributed by atoms with Gasteiger partial charge in [0.25, 0.3) is 5.91 Å². The first-order valence-electron chi connectivity index (χ1n) is 9.63. The van der Waals surface area contributed by atoms with Gasteiger partial charge in [-0.3, -0.25) is 9.59 Å². The molecule has 152 valence electrons. The Morgan fingerprint density at radius 1 is 1.14 bits per heavy atom. The third-order valence-electron chi connectivity index (χ3n) is 4.55. The van der Waals surface area contributed by atoms with Crippen LogP contribution in [0, 0.1) is 25.6 Å². The van der Waals surface area contributed by atoms with Crippen molar-refractivity contribution in [2.24, 2.45) is 5.92 Å². The third-order valence-corrected chi connectivity index (χ3v) is 4.55. The van der Waals surface area contributed by atoms with Gasteiger partial charge in [-0.15, -0.1) is 0 Å². The molecule has 28 heavy (non-hydrogen) atoms. The van der Waals surface area contributed by atoms with E-state index in [1.54, 1.807) is 30.0 Å². The topological polar surface area (TPSA) is 62.6 Å². The Balaban J connectivity index is 1.93. The van der Waals surface area contributed by atoms with E-state index < -0.39 is 0 Å². The third kappa shape index (κ3) is 6.51. The summed E-state index contributed by atoms with van der Waals surface area (Å²) in [6.07, 6.45) is 1.07. The number of aryl methyl sites for hydroxylation is 2. The Hall–Kier alpha value is -2.63. The van der Waals surface area contributed by atoms with E-state index in [-0.39, 0.29) is 24.1 Å². The van der Waals surface area contributed by atoms with Crippen molar-refractivity contribution in [3.05, 3.63) is 58.8 Å². The molecular weight excluding hydrogens is 359 g/mol. The Labute approximate surface area is 165 Å². The number of furan rings is 1. The van der Waals surface area contributed by atoms with E-state index in [4.69, 9.17) is 4.42 Å². The molecule has 0 unspecified atom stereocenters. The fourth-order valence-electron chi connectivity index (χ4n) is 2.87. The first-order chi connectivity index (χ1) is 13.3. The number of nitrogens with zero attached hydrogens (tertiary/aromatic N) is 1. The molecule has 0 aliphatic carbocycles. The summed E-state index contributed by atoms with van der Waals surface area (Å²) in [5, 5.41) is 2.81. The van der Waals surface area contributed by atoms with E-state index in [1.807, 2.05) is 6.92 Å². The summed E-state index contributed by atoms with van der Waals surface area (Å²) < 4.78 is 18.4. The van der Waals surface area contributed by atoms with Crippen molar-refractivity contribution in [2.45, 2.75) is 47.1 Å². The summed E-state index contributed by atoms with van der Waals surface area (Å²) in [6.45, 7) is 9.05. The van der Waals surface area contributed by atoms with Gasteiger partial charge >= 0.3 is 0 Å². The van der Waals surface area contributed by atoms with Crippen LogP contribution in [0.25, 0.3) is 0 Å². The summed E-state index contributed by atoms with van der Waals surface area (Å²) in [7, 11) is 0. The average Bonchev–Trinajstić information content (AvgIpc) is 2.98. The smallest absolute Gasteiger partial charge is 0.257 e. The molecule has 1 N–H and O–H groups in total. The lowest BCUT2D eigenvalue weighted by atomic mass is 10.1. The van der Waals surface area contributed by atoms with Crippen LogP contribution in [-0.4, -0.2) is 29.8 Å².